The van der Waals surface area contributed by atoms with Gasteiger partial charge in [-0.05, 0) is 200 Å². The lowest BCUT2D eigenvalue weighted by molar-refractivity contribution is -0.659. The molecule has 0 radical (unpaired) electrons. The molecule has 0 spiro atoms. The first-order chi connectivity index (χ1) is 50.7. The second-order valence-electron chi connectivity index (χ2n) is 43.1. The predicted molar refractivity (Wildman–Crippen MR) is 498 cm³/mol. The molecule has 0 atom stereocenters. The summed E-state index contributed by atoms with van der Waals surface area (Å²) in [4.78, 5) is 0. The van der Waals surface area contributed by atoms with Gasteiger partial charge in [-0.15, -0.1) is 0 Å². The fourth-order valence-electron chi connectivity index (χ4n) is 20.0. The van der Waals surface area contributed by atoms with E-state index in [4.69, 9.17) is 0 Å². The maximum Gasteiger partial charge on any atom is 0.220 e. The molecule has 0 fully saturated rings. The van der Waals surface area contributed by atoms with Gasteiger partial charge in [0.15, 0.2) is 18.6 Å². The normalized spacial score (nSPS) is 13.1. The van der Waals surface area contributed by atoms with Gasteiger partial charge in [0.1, 0.15) is 21.1 Å². The molecule has 6 heteroatoms. The van der Waals surface area contributed by atoms with Crippen LogP contribution in [0.4, 0.5) is 0 Å². The van der Waals surface area contributed by atoms with Crippen LogP contribution in [0.25, 0.3) is 66.1 Å². The number of aryl methyl sites for hydroxylation is 5. The minimum atomic E-state index is -1.67. The van der Waals surface area contributed by atoms with Crippen molar-refractivity contribution in [3.05, 3.63) is 178 Å². The fraction of sp³-hybridized carbons (Fsp3) is 0.567. The lowest BCUT2D eigenvalue weighted by Crippen LogP contribution is -2.50. The lowest BCUT2D eigenvalue weighted by atomic mass is 9.76. The second-order valence-corrected chi connectivity index (χ2v) is 56.2. The van der Waals surface area contributed by atoms with Crippen molar-refractivity contribution in [2.24, 2.45) is 74.4 Å². The molecule has 0 saturated carbocycles. The standard InChI is InChI=1S/C37H58NSi.C34H52NSi.C33H50NSi/c1-25(2)22-39(23-26(3)4,24-27(5)6)31-15-16-32-29(19-31)17-18-38(14)35(32)33-20-30(36(8,9)10)21-34(28(33)7)37(11,12)13;1-23(2)20-36(21-24(3)4,22-25(5)6)30-13-14-31-28(18-30)15-16-35(12)33(31)32-19-29(34(9,10)11)17-26(7)27(32)8;1-23(2)20-35(21-24(3)4,22-25(5)6)29-14-15-30-27(18-29)16-17-34(11)32(30)31-19-28(33(8,9)10)13-12-26(31)7/h15-21,25-27H,22-24H2,1-14H3;13-19,23-25H,20-22H2,1-12H3;12-19,23-25H,20-22H2,1-11H3/q3*+1. The Morgan fingerprint density at radius 1 is 0.264 bits per heavy atom. The third-order valence-corrected chi connectivity index (χ3v) is 42.9. The van der Waals surface area contributed by atoms with E-state index in [0.717, 1.165) is 53.3 Å². The van der Waals surface area contributed by atoms with Crippen LogP contribution in [-0.2, 0) is 42.8 Å². The number of nitrogens with zero attached hydrogens (tertiary/aromatic N) is 3. The number of rotatable bonds is 24. The average Bonchev–Trinajstić information content (AvgIpc) is 0.755. The van der Waals surface area contributed by atoms with E-state index in [1.807, 2.05) is 0 Å². The van der Waals surface area contributed by atoms with E-state index in [1.165, 1.54) is 165 Å². The number of benzene rings is 6. The molecule has 110 heavy (non-hydrogen) atoms. The summed E-state index contributed by atoms with van der Waals surface area (Å²) in [5.41, 5.74) is 19.8. The highest BCUT2D eigenvalue weighted by Gasteiger charge is 2.41. The third kappa shape index (κ3) is 22.4. The molecule has 6 aromatic carbocycles. The van der Waals surface area contributed by atoms with E-state index >= 15 is 0 Å². The fourth-order valence-corrected chi connectivity index (χ4v) is 40.4. The summed E-state index contributed by atoms with van der Waals surface area (Å²) < 4.78 is 7.00. The van der Waals surface area contributed by atoms with Gasteiger partial charge in [0.2, 0.25) is 17.1 Å². The maximum atomic E-state index is 2.60. The molecule has 9 aromatic rings. The van der Waals surface area contributed by atoms with Crippen molar-refractivity contribution in [1.82, 2.24) is 0 Å². The SMILES string of the molecule is Cc1c(-c2c3ccc([Si](CC(C)C)(CC(C)C)CC(C)C)cc3cc[n+]2C)cc(C(C)(C)C)cc1C(C)(C)C.Cc1cc(C(C)(C)C)cc(-c2c3ccc([Si](CC(C)C)(CC(C)C)CC(C)C)cc3cc[n+]2C)c1C.Cc1ccc(C(C)(C)C)cc1-c1c2ccc([Si](CC(C)C)(CC(C)C)CC(C)C)cc2cc[n+]1C. The average molecular weight is 1540 g/mol. The Morgan fingerprint density at radius 2 is 0.527 bits per heavy atom. The summed E-state index contributed by atoms with van der Waals surface area (Å²) >= 11 is 0. The molecule has 0 unspecified atom stereocenters. The van der Waals surface area contributed by atoms with Crippen LogP contribution in [0, 0.1) is 81.0 Å². The highest BCUT2D eigenvalue weighted by Crippen LogP contribution is 2.43. The number of pyridine rings is 3. The molecule has 600 valence electrons. The van der Waals surface area contributed by atoms with Gasteiger partial charge in [0.05, 0.1) is 51.5 Å². The molecule has 3 heterocycles. The first-order valence-corrected chi connectivity index (χ1v) is 51.3. The summed E-state index contributed by atoms with van der Waals surface area (Å²) in [6.07, 6.45) is 6.83. The van der Waals surface area contributed by atoms with E-state index in [2.05, 4.69) is 404 Å². The molecule has 0 saturated heterocycles. The quantitative estimate of drug-likeness (QED) is 0.0422. The van der Waals surface area contributed by atoms with Gasteiger partial charge >= 0.3 is 0 Å². The van der Waals surface area contributed by atoms with Crippen LogP contribution in [0.5, 0.6) is 0 Å². The molecular weight excluding hydrogens is 1380 g/mol. The lowest BCUT2D eigenvalue weighted by Gasteiger charge is -2.37. The van der Waals surface area contributed by atoms with Gasteiger partial charge < -0.3 is 0 Å². The number of hydrogen-bond donors (Lipinski definition) is 0. The van der Waals surface area contributed by atoms with Gasteiger partial charge in [-0.2, -0.15) is 0 Å². The zero-order valence-corrected chi connectivity index (χ0v) is 80.6. The summed E-state index contributed by atoms with van der Waals surface area (Å²) in [6, 6.07) is 59.0. The van der Waals surface area contributed by atoms with Crippen molar-refractivity contribution in [1.29, 1.82) is 0 Å². The maximum absolute atomic E-state index is 2.60. The Bertz CT molecular complexity index is 4520. The van der Waals surface area contributed by atoms with Crippen molar-refractivity contribution in [3.63, 3.8) is 0 Å². The first kappa shape index (κ1) is 91.4. The van der Waals surface area contributed by atoms with E-state index in [0.29, 0.717) is 0 Å². The summed E-state index contributed by atoms with van der Waals surface area (Å²) in [7, 11) is 1.66. The summed E-state index contributed by atoms with van der Waals surface area (Å²) in [6.45, 7) is 80.7. The second kappa shape index (κ2) is 36.4. The Hall–Kier alpha value is -5.80. The van der Waals surface area contributed by atoms with Crippen LogP contribution in [0.15, 0.2) is 134 Å². The topological polar surface area (TPSA) is 11.6 Å². The van der Waals surface area contributed by atoms with Gasteiger partial charge in [-0.25, -0.2) is 13.7 Å². The number of aromatic nitrogens is 3. The zero-order chi connectivity index (χ0) is 82.6. The molecule has 3 aromatic heterocycles. The highest BCUT2D eigenvalue weighted by atomic mass is 28.3. The molecule has 0 aliphatic rings. The van der Waals surface area contributed by atoms with Crippen LogP contribution in [0.2, 0.25) is 54.4 Å². The molecular formula is C104H160N3Si3+3. The Morgan fingerprint density at radius 3 is 0.800 bits per heavy atom. The zero-order valence-electron chi connectivity index (χ0n) is 77.6. The van der Waals surface area contributed by atoms with Crippen molar-refractivity contribution < 1.29 is 13.7 Å². The van der Waals surface area contributed by atoms with Crippen molar-refractivity contribution in [2.75, 3.05) is 0 Å². The van der Waals surface area contributed by atoms with Crippen molar-refractivity contribution >= 4 is 72.1 Å². The highest BCUT2D eigenvalue weighted by molar-refractivity contribution is 6.93. The molecule has 0 amide bonds. The largest absolute Gasteiger partial charge is 0.220 e. The van der Waals surface area contributed by atoms with Gasteiger partial charge in [0, 0.05) is 23.8 Å². The molecule has 0 aliphatic heterocycles. The van der Waals surface area contributed by atoms with Gasteiger partial charge in [0.25, 0.3) is 0 Å². The first-order valence-electron chi connectivity index (χ1n) is 43.4. The van der Waals surface area contributed by atoms with Crippen LogP contribution in [0.1, 0.15) is 252 Å². The van der Waals surface area contributed by atoms with E-state index in [1.54, 1.807) is 15.6 Å². The van der Waals surface area contributed by atoms with Crippen LogP contribution in [0.3, 0.4) is 0 Å². The third-order valence-electron chi connectivity index (χ3n) is 23.9. The van der Waals surface area contributed by atoms with Gasteiger partial charge in [-0.1, -0.05) is 338 Å². The van der Waals surface area contributed by atoms with Gasteiger partial charge in [-0.3, -0.25) is 0 Å². The van der Waals surface area contributed by atoms with E-state index in [9.17, 15) is 0 Å². The molecule has 9 rings (SSSR count). The predicted octanol–water partition coefficient (Wildman–Crippen LogP) is 27.3. The van der Waals surface area contributed by atoms with Crippen molar-refractivity contribution in [2.45, 2.75) is 311 Å². The van der Waals surface area contributed by atoms with Crippen LogP contribution < -0.4 is 29.3 Å². The Kier molecular flexibility index (Phi) is 30.2. The van der Waals surface area contributed by atoms with Crippen LogP contribution in [-0.4, -0.2) is 24.2 Å². The number of hydrogen-bond acceptors (Lipinski definition) is 0. The minimum Gasteiger partial charge on any atom is -0.200 e. The van der Waals surface area contributed by atoms with Crippen molar-refractivity contribution in [3.8, 4) is 33.8 Å². The smallest absolute Gasteiger partial charge is 0.200 e. The molecule has 3 nitrogen and oxygen atoms in total. The van der Waals surface area contributed by atoms with E-state index in [-0.39, 0.29) is 21.7 Å². The minimum absolute atomic E-state index is 0.0894. The van der Waals surface area contributed by atoms with E-state index < -0.39 is 24.2 Å². The van der Waals surface area contributed by atoms with Crippen LogP contribution >= 0.6 is 0 Å². The number of fused-ring (bicyclic) bond motifs is 3. The molecule has 0 bridgehead atoms. The summed E-state index contributed by atoms with van der Waals surface area (Å²) in [5.74, 6) is 6.61. The Labute approximate surface area is 679 Å². The monoisotopic (exact) mass is 1540 g/mol. The molecule has 0 N–H and O–H groups in total. The summed E-state index contributed by atoms with van der Waals surface area (Å²) in [5, 5.41) is 13.3. The Balaban J connectivity index is 0.000000230. The molecule has 0 aliphatic carbocycles.